The number of aromatic hydroxyl groups is 1. The summed E-state index contributed by atoms with van der Waals surface area (Å²) in [6.45, 7) is 14.3. The number of pyridine rings is 2. The molecule has 0 spiro atoms. The molecule has 0 amide bonds. The fraction of sp³-hybridized carbons (Fsp3) is 0.409. The Morgan fingerprint density at radius 2 is 1.27 bits per heavy atom. The van der Waals surface area contributed by atoms with Crippen molar-refractivity contribution >= 4 is 22.4 Å². The van der Waals surface area contributed by atoms with Crippen LogP contribution in [-0.2, 0) is 0 Å². The topological polar surface area (TPSA) is 95.5 Å². The first-order valence-corrected chi connectivity index (χ1v) is 20.0. The van der Waals surface area contributed by atoms with Crippen LogP contribution in [0.15, 0.2) is 104 Å². The second-order valence-corrected chi connectivity index (χ2v) is 14.5. The number of rotatable bonds is 15. The van der Waals surface area contributed by atoms with Crippen LogP contribution >= 0.6 is 0 Å². The Morgan fingerprint density at radius 3 is 1.95 bits per heavy atom. The van der Waals surface area contributed by atoms with E-state index in [4.69, 9.17) is 14.2 Å². The molecule has 6 aromatic rings. The first-order chi connectivity index (χ1) is 27.5. The lowest BCUT2D eigenvalue weighted by Gasteiger charge is -2.36. The molecule has 12 nitrogen and oxygen atoms in total. The quantitative estimate of drug-likeness (QED) is 0.115. The van der Waals surface area contributed by atoms with Crippen molar-refractivity contribution in [3.8, 4) is 23.0 Å². The number of aryl methyl sites for hydroxylation is 1. The van der Waals surface area contributed by atoms with Crippen molar-refractivity contribution in [2.45, 2.75) is 32.6 Å². The maximum absolute atomic E-state index is 9.41. The minimum Gasteiger partial charge on any atom is -0.508 e. The molecule has 2 saturated heterocycles. The summed E-state index contributed by atoms with van der Waals surface area (Å²) in [4.78, 5) is 9.88. The molecule has 0 aliphatic carbocycles. The number of piperazine rings is 2. The van der Waals surface area contributed by atoms with Gasteiger partial charge in [-0.3, -0.25) is 9.80 Å². The molecule has 6 heterocycles. The molecule has 2 fully saturated rings. The summed E-state index contributed by atoms with van der Waals surface area (Å²) in [5, 5.41) is 17.9. The maximum atomic E-state index is 9.41. The Labute approximate surface area is 330 Å². The van der Waals surface area contributed by atoms with E-state index in [1.165, 1.54) is 16.9 Å². The molecule has 0 radical (unpaired) electrons. The summed E-state index contributed by atoms with van der Waals surface area (Å²) in [6.07, 6.45) is 12.0. The van der Waals surface area contributed by atoms with Gasteiger partial charge in [-0.15, -0.1) is 0 Å². The van der Waals surface area contributed by atoms with Gasteiger partial charge in [-0.25, -0.2) is 9.03 Å². The fourth-order valence-electron chi connectivity index (χ4n) is 7.42. The maximum Gasteiger partial charge on any atom is 0.142 e. The van der Waals surface area contributed by atoms with Crippen molar-refractivity contribution in [1.82, 2.24) is 29.0 Å². The van der Waals surface area contributed by atoms with Crippen LogP contribution in [0.25, 0.3) is 11.0 Å². The Balaban J connectivity index is 0.000000172. The predicted octanol–water partition coefficient (Wildman–Crippen LogP) is 6.65. The highest BCUT2D eigenvalue weighted by Gasteiger charge is 2.19. The Hall–Kier alpha value is -5.46. The van der Waals surface area contributed by atoms with Gasteiger partial charge in [0.1, 0.15) is 23.0 Å². The van der Waals surface area contributed by atoms with Gasteiger partial charge in [0.2, 0.25) is 0 Å². The van der Waals surface area contributed by atoms with Crippen LogP contribution in [0.4, 0.5) is 11.4 Å². The molecular weight excluding hydrogens is 705 g/mol. The van der Waals surface area contributed by atoms with Gasteiger partial charge >= 0.3 is 0 Å². The van der Waals surface area contributed by atoms with Crippen molar-refractivity contribution in [2.75, 3.05) is 95.6 Å². The molecule has 0 bridgehead atoms. The molecule has 2 aromatic carbocycles. The average Bonchev–Trinajstić information content (AvgIpc) is 3.87. The summed E-state index contributed by atoms with van der Waals surface area (Å²) in [5.74, 6) is 3.11. The lowest BCUT2D eigenvalue weighted by atomic mass is 10.2. The van der Waals surface area contributed by atoms with Crippen LogP contribution in [0.3, 0.4) is 0 Å². The van der Waals surface area contributed by atoms with Gasteiger partial charge in [0, 0.05) is 88.8 Å². The summed E-state index contributed by atoms with van der Waals surface area (Å²) >= 11 is 0. The van der Waals surface area contributed by atoms with Gasteiger partial charge < -0.3 is 29.1 Å². The number of ether oxygens (including phenoxy) is 3. The predicted molar refractivity (Wildman–Crippen MR) is 223 cm³/mol. The molecule has 56 heavy (non-hydrogen) atoms. The molecule has 2 aliphatic rings. The molecule has 0 unspecified atom stereocenters. The van der Waals surface area contributed by atoms with Gasteiger partial charge in [0.15, 0.2) is 0 Å². The van der Waals surface area contributed by atoms with Crippen LogP contribution in [0.5, 0.6) is 23.0 Å². The van der Waals surface area contributed by atoms with E-state index < -0.39 is 0 Å². The number of methoxy groups -OCH3 is 1. The molecule has 0 atom stereocenters. The molecule has 2 aliphatic heterocycles. The van der Waals surface area contributed by atoms with E-state index in [2.05, 4.69) is 54.9 Å². The Kier molecular flexibility index (Phi) is 13.5. The number of nitrogens with zero attached hydrogens (tertiary/aromatic N) is 8. The van der Waals surface area contributed by atoms with Crippen LogP contribution < -0.4 is 24.0 Å². The molecule has 4 aromatic heterocycles. The van der Waals surface area contributed by atoms with E-state index in [9.17, 15) is 5.11 Å². The van der Waals surface area contributed by atoms with Gasteiger partial charge in [-0.2, -0.15) is 10.2 Å². The molecule has 12 heteroatoms. The number of hydrogen-bond acceptors (Lipinski definition) is 10. The van der Waals surface area contributed by atoms with Crippen molar-refractivity contribution in [2.24, 2.45) is 0 Å². The summed E-state index contributed by atoms with van der Waals surface area (Å²) in [5.41, 5.74) is 5.72. The monoisotopic (exact) mass is 760 g/mol. The zero-order valence-electron chi connectivity index (χ0n) is 32.9. The van der Waals surface area contributed by atoms with E-state index >= 15 is 0 Å². The van der Waals surface area contributed by atoms with E-state index in [0.717, 1.165) is 133 Å². The van der Waals surface area contributed by atoms with Crippen LogP contribution in [0, 0.1) is 6.92 Å². The third-order valence-electron chi connectivity index (χ3n) is 10.7. The highest BCUT2D eigenvalue weighted by molar-refractivity contribution is 5.59. The number of unbranched alkanes of at least 4 members (excludes halogenated alkanes) is 2. The fourth-order valence-corrected chi connectivity index (χ4v) is 7.42. The zero-order chi connectivity index (χ0) is 38.5. The highest BCUT2D eigenvalue weighted by Crippen LogP contribution is 2.28. The standard InChI is InChI=1S/C23H30N4O2.C21H26N4O2/c1-19-18-24-27-11-9-20(17-22(19)27)29-16-6-5-10-25-12-14-26(15-13-25)21-7-3-4-8-23(21)28-2;26-20-5-3-18(4-6-20)24-14-12-23(13-15-24)10-1-2-16-27-21-8-11-25-19(17-21)7-9-22-25/h3-4,7-9,11,17-18H,5-6,10,12-16H2,1-2H3;3-9,11,17,26H,1-2,10,12-16H2. The summed E-state index contributed by atoms with van der Waals surface area (Å²) in [6, 6.07) is 25.8. The third-order valence-corrected chi connectivity index (χ3v) is 10.7. The molecule has 0 saturated carbocycles. The van der Waals surface area contributed by atoms with Crippen LogP contribution in [-0.4, -0.2) is 120 Å². The normalized spacial score (nSPS) is 15.2. The van der Waals surface area contributed by atoms with E-state index in [1.807, 2.05) is 76.2 Å². The Bertz CT molecular complexity index is 2080. The number of phenolic OH excluding ortho intramolecular Hbond substituents is 1. The van der Waals surface area contributed by atoms with E-state index in [1.54, 1.807) is 25.4 Å². The number of anilines is 2. The van der Waals surface area contributed by atoms with E-state index in [-0.39, 0.29) is 0 Å². The third kappa shape index (κ3) is 10.4. The van der Waals surface area contributed by atoms with Gasteiger partial charge in [0.25, 0.3) is 0 Å². The van der Waals surface area contributed by atoms with Crippen LogP contribution in [0.2, 0.25) is 0 Å². The highest BCUT2D eigenvalue weighted by atomic mass is 16.5. The second kappa shape index (κ2) is 19.4. The van der Waals surface area contributed by atoms with Gasteiger partial charge in [0.05, 0.1) is 43.2 Å². The molecule has 296 valence electrons. The number of para-hydroxylation sites is 2. The number of phenols is 1. The Morgan fingerprint density at radius 1 is 0.643 bits per heavy atom. The number of hydrogen-bond donors (Lipinski definition) is 1. The summed E-state index contributed by atoms with van der Waals surface area (Å²) in [7, 11) is 1.74. The molecular formula is C44H56N8O4. The zero-order valence-corrected chi connectivity index (χ0v) is 32.9. The largest absolute Gasteiger partial charge is 0.508 e. The first-order valence-electron chi connectivity index (χ1n) is 20.0. The van der Waals surface area contributed by atoms with Crippen molar-refractivity contribution in [3.63, 3.8) is 0 Å². The molecule has 8 rings (SSSR count). The van der Waals surface area contributed by atoms with Crippen molar-refractivity contribution < 1.29 is 19.3 Å². The number of fused-ring (bicyclic) bond motifs is 2. The SMILES string of the molecule is COc1ccccc1N1CCN(CCCCOc2ccn3ncc(C)c3c2)CC1.Oc1ccc(N2CCN(CCCCOc3ccn4nccc4c3)CC2)cc1. The second-order valence-electron chi connectivity index (χ2n) is 14.5. The van der Waals surface area contributed by atoms with Gasteiger partial charge in [-0.05, 0) is 106 Å². The van der Waals surface area contributed by atoms with Crippen molar-refractivity contribution in [3.05, 3.63) is 109 Å². The lowest BCUT2D eigenvalue weighted by molar-refractivity contribution is 0.238. The molecule has 1 N–H and O–H groups in total. The van der Waals surface area contributed by atoms with Crippen LogP contribution in [0.1, 0.15) is 31.2 Å². The minimum absolute atomic E-state index is 0.324. The number of aromatic nitrogens is 4. The van der Waals surface area contributed by atoms with E-state index in [0.29, 0.717) is 5.75 Å². The summed E-state index contributed by atoms with van der Waals surface area (Å²) < 4.78 is 21.0. The first kappa shape index (κ1) is 38.8. The van der Waals surface area contributed by atoms with Crippen molar-refractivity contribution in [1.29, 1.82) is 0 Å². The minimum atomic E-state index is 0.324. The average molecular weight is 761 g/mol. The van der Waals surface area contributed by atoms with Gasteiger partial charge in [-0.1, -0.05) is 12.1 Å². The lowest BCUT2D eigenvalue weighted by Crippen LogP contribution is -2.46. The number of benzene rings is 2. The smallest absolute Gasteiger partial charge is 0.142 e.